The maximum Gasteiger partial charge on any atom is 0.329 e. The van der Waals surface area contributed by atoms with Gasteiger partial charge in [0.1, 0.15) is 12.6 Å². The van der Waals surface area contributed by atoms with Crippen LogP contribution in [-0.2, 0) is 32.9 Å². The van der Waals surface area contributed by atoms with Gasteiger partial charge in [0.2, 0.25) is 5.91 Å². The smallest absolute Gasteiger partial charge is 0.329 e. The van der Waals surface area contributed by atoms with E-state index < -0.39 is 23.6 Å². The van der Waals surface area contributed by atoms with Gasteiger partial charge in [0, 0.05) is 6.42 Å². The lowest BCUT2D eigenvalue weighted by Crippen LogP contribution is -2.56. The fourth-order valence-corrected chi connectivity index (χ4v) is 6.28. The van der Waals surface area contributed by atoms with Crippen molar-refractivity contribution in [1.29, 1.82) is 0 Å². The van der Waals surface area contributed by atoms with Crippen LogP contribution in [0.1, 0.15) is 34.2 Å². The van der Waals surface area contributed by atoms with Crippen LogP contribution >= 0.6 is 0 Å². The molecule has 0 heterocycles. The van der Waals surface area contributed by atoms with Crippen molar-refractivity contribution in [2.45, 2.75) is 37.1 Å². The van der Waals surface area contributed by atoms with Crippen molar-refractivity contribution in [3.05, 3.63) is 180 Å². The zero-order chi connectivity index (χ0) is 31.1. The molecule has 1 amide bonds. The molecule has 2 atom stereocenters. The number of amides is 1. The summed E-state index contributed by atoms with van der Waals surface area (Å²) in [5.41, 5.74) is 6.40. The summed E-state index contributed by atoms with van der Waals surface area (Å²) < 4.78 is 5.72. The van der Waals surface area contributed by atoms with E-state index in [1.165, 1.54) is 0 Å². The molecular weight excluding hydrogens is 556 g/mol. The van der Waals surface area contributed by atoms with Crippen LogP contribution in [0.3, 0.4) is 0 Å². The fraction of sp³-hybridized carbons (Fsp3) is 0.150. The van der Waals surface area contributed by atoms with Crippen molar-refractivity contribution < 1.29 is 14.3 Å². The molecule has 1 aliphatic carbocycles. The first-order valence-corrected chi connectivity index (χ1v) is 15.3. The van der Waals surface area contributed by atoms with E-state index in [0.29, 0.717) is 12.8 Å². The van der Waals surface area contributed by atoms with Crippen molar-refractivity contribution >= 4 is 11.9 Å². The summed E-state index contributed by atoms with van der Waals surface area (Å²) in [7, 11) is 0. The molecule has 0 fully saturated rings. The number of fused-ring (bicyclic) bond motifs is 3. The summed E-state index contributed by atoms with van der Waals surface area (Å²) >= 11 is 0. The number of hydrogen-bond acceptors (Lipinski definition) is 4. The summed E-state index contributed by atoms with van der Waals surface area (Å²) in [4.78, 5) is 27.8. The number of ether oxygens (including phenoxy) is 1. The number of hydrogen-bond donors (Lipinski definition) is 2. The summed E-state index contributed by atoms with van der Waals surface area (Å²) in [5, 5.41) is 6.84. The molecule has 5 aromatic rings. The van der Waals surface area contributed by atoms with Crippen molar-refractivity contribution in [3.8, 4) is 11.1 Å². The van der Waals surface area contributed by atoms with Gasteiger partial charge in [0.25, 0.3) is 0 Å². The van der Waals surface area contributed by atoms with Crippen LogP contribution in [0, 0.1) is 0 Å². The molecule has 0 aliphatic heterocycles. The van der Waals surface area contributed by atoms with Crippen LogP contribution in [0.15, 0.2) is 152 Å². The average molecular weight is 593 g/mol. The van der Waals surface area contributed by atoms with Gasteiger partial charge in [0.05, 0.1) is 11.6 Å². The Hall–Kier alpha value is -5.26. The monoisotopic (exact) mass is 592 g/mol. The SMILES string of the molecule is C=CCC(NC1(c2ccccc2)c2ccccc2-c2ccccc21)C(=O)NC(Cc1ccccc1)C(=O)OCc1ccccc1. The van der Waals surface area contributed by atoms with Gasteiger partial charge in [-0.3, -0.25) is 10.1 Å². The lowest BCUT2D eigenvalue weighted by atomic mass is 9.79. The van der Waals surface area contributed by atoms with Crippen molar-refractivity contribution in [1.82, 2.24) is 10.6 Å². The average Bonchev–Trinajstić information content (AvgIpc) is 3.38. The molecule has 2 N–H and O–H groups in total. The van der Waals surface area contributed by atoms with E-state index in [9.17, 15) is 9.59 Å². The number of nitrogens with one attached hydrogen (secondary N) is 2. The van der Waals surface area contributed by atoms with E-state index in [0.717, 1.165) is 38.9 Å². The van der Waals surface area contributed by atoms with Gasteiger partial charge in [0.15, 0.2) is 0 Å². The van der Waals surface area contributed by atoms with Crippen molar-refractivity contribution in [3.63, 3.8) is 0 Å². The van der Waals surface area contributed by atoms with Crippen LogP contribution in [0.2, 0.25) is 0 Å². The van der Waals surface area contributed by atoms with Gasteiger partial charge in [-0.1, -0.05) is 146 Å². The molecule has 0 spiro atoms. The summed E-state index contributed by atoms with van der Waals surface area (Å²) in [6.45, 7) is 4.10. The minimum Gasteiger partial charge on any atom is -0.459 e. The zero-order valence-electron chi connectivity index (χ0n) is 25.1. The van der Waals surface area contributed by atoms with E-state index in [4.69, 9.17) is 4.74 Å². The molecule has 6 rings (SSSR count). The third kappa shape index (κ3) is 6.21. The summed E-state index contributed by atoms with van der Waals surface area (Å²) in [6, 6.07) is 44.5. The van der Waals surface area contributed by atoms with Gasteiger partial charge >= 0.3 is 5.97 Å². The van der Waals surface area contributed by atoms with Gasteiger partial charge in [-0.25, -0.2) is 4.79 Å². The van der Waals surface area contributed by atoms with E-state index >= 15 is 0 Å². The molecule has 0 bridgehead atoms. The van der Waals surface area contributed by atoms with Crippen LogP contribution < -0.4 is 10.6 Å². The number of carbonyl (C=O) groups is 2. The largest absolute Gasteiger partial charge is 0.459 e. The molecule has 0 aromatic heterocycles. The zero-order valence-corrected chi connectivity index (χ0v) is 25.1. The Morgan fingerprint density at radius 1 is 0.667 bits per heavy atom. The van der Waals surface area contributed by atoms with Gasteiger partial charge in [-0.2, -0.15) is 0 Å². The predicted octanol–water partition coefficient (Wildman–Crippen LogP) is 6.96. The minimum absolute atomic E-state index is 0.125. The topological polar surface area (TPSA) is 67.4 Å². The van der Waals surface area contributed by atoms with Crippen molar-refractivity contribution in [2.24, 2.45) is 0 Å². The quantitative estimate of drug-likeness (QED) is 0.121. The van der Waals surface area contributed by atoms with Crippen LogP contribution in [-0.4, -0.2) is 24.0 Å². The molecule has 45 heavy (non-hydrogen) atoms. The molecule has 5 heteroatoms. The molecule has 2 unspecified atom stereocenters. The van der Waals surface area contributed by atoms with Gasteiger partial charge < -0.3 is 10.1 Å². The molecule has 1 aliphatic rings. The Bertz CT molecular complexity index is 1720. The molecule has 224 valence electrons. The molecule has 5 nitrogen and oxygen atoms in total. The van der Waals surface area contributed by atoms with E-state index in [1.807, 2.05) is 103 Å². The Labute approximate surface area is 264 Å². The number of benzene rings is 5. The Balaban J connectivity index is 1.34. The summed E-state index contributed by atoms with van der Waals surface area (Å²) in [6.07, 6.45) is 2.39. The van der Waals surface area contributed by atoms with Gasteiger partial charge in [-0.05, 0) is 45.4 Å². The highest BCUT2D eigenvalue weighted by molar-refractivity contribution is 5.89. The fourth-order valence-electron chi connectivity index (χ4n) is 6.28. The highest BCUT2D eigenvalue weighted by Gasteiger charge is 2.46. The molecule has 0 saturated carbocycles. The molecule has 0 radical (unpaired) electrons. The molecule has 0 saturated heterocycles. The number of rotatable bonds is 12. The Kier molecular flexibility index (Phi) is 8.99. The lowest BCUT2D eigenvalue weighted by molar-refractivity contribution is -0.149. The first-order valence-electron chi connectivity index (χ1n) is 15.3. The minimum atomic E-state index is -0.881. The second kappa shape index (κ2) is 13.6. The number of carbonyl (C=O) groups excluding carboxylic acids is 2. The maximum absolute atomic E-state index is 14.3. The second-order valence-electron chi connectivity index (χ2n) is 11.3. The molecular formula is C40H36N2O3. The lowest BCUT2D eigenvalue weighted by Gasteiger charge is -2.37. The predicted molar refractivity (Wildman–Crippen MR) is 178 cm³/mol. The van der Waals surface area contributed by atoms with Crippen LogP contribution in [0.5, 0.6) is 0 Å². The molecule has 5 aromatic carbocycles. The first kappa shape index (κ1) is 29.8. The second-order valence-corrected chi connectivity index (χ2v) is 11.3. The van der Waals surface area contributed by atoms with E-state index in [2.05, 4.69) is 53.6 Å². The number of esters is 1. The van der Waals surface area contributed by atoms with Crippen molar-refractivity contribution in [2.75, 3.05) is 0 Å². The standard InChI is InChI=1S/C40H36N2O3/c1-2-16-36(38(43)41-37(27-29-17-6-3-7-18-29)39(44)45-28-30-19-8-4-9-20-30)42-40(31-21-10-5-11-22-31)34-25-14-12-23-32(34)33-24-13-15-26-35(33)40/h2-15,17-26,36-37,42H,1,16,27-28H2,(H,41,43). The Morgan fingerprint density at radius 2 is 1.18 bits per heavy atom. The van der Waals surface area contributed by atoms with Crippen LogP contribution in [0.4, 0.5) is 0 Å². The highest BCUT2D eigenvalue weighted by atomic mass is 16.5. The third-order valence-electron chi connectivity index (χ3n) is 8.38. The third-order valence-corrected chi connectivity index (χ3v) is 8.38. The van der Waals surface area contributed by atoms with E-state index in [-0.39, 0.29) is 12.5 Å². The van der Waals surface area contributed by atoms with Crippen LogP contribution in [0.25, 0.3) is 11.1 Å². The Morgan fingerprint density at radius 3 is 1.76 bits per heavy atom. The summed E-state index contributed by atoms with van der Waals surface area (Å²) in [5.74, 6) is -0.785. The van der Waals surface area contributed by atoms with Gasteiger partial charge in [-0.15, -0.1) is 6.58 Å². The maximum atomic E-state index is 14.3. The highest BCUT2D eigenvalue weighted by Crippen LogP contribution is 2.51. The normalized spacial score (nSPS) is 14.0. The first-order chi connectivity index (χ1) is 22.1. The van der Waals surface area contributed by atoms with E-state index in [1.54, 1.807) is 6.08 Å².